The van der Waals surface area contributed by atoms with Gasteiger partial charge in [0.1, 0.15) is 11.9 Å². The van der Waals surface area contributed by atoms with Crippen molar-refractivity contribution >= 4 is 17.7 Å². The van der Waals surface area contributed by atoms with Crippen LogP contribution in [0.2, 0.25) is 0 Å². The molecule has 0 aromatic carbocycles. The number of rotatable bonds is 5. The predicted octanol–water partition coefficient (Wildman–Crippen LogP) is 1.41. The summed E-state index contributed by atoms with van der Waals surface area (Å²) >= 11 is 2.01. The van der Waals surface area contributed by atoms with E-state index < -0.39 is 5.97 Å². The average Bonchev–Trinajstić information content (AvgIpc) is 2.40. The number of nitrogens with one attached hydrogen (secondary N) is 1. The molecule has 0 atom stereocenters. The molecule has 1 aromatic rings. The molecule has 1 aliphatic rings. The van der Waals surface area contributed by atoms with Crippen molar-refractivity contribution in [1.29, 1.82) is 0 Å². The lowest BCUT2D eigenvalue weighted by Crippen LogP contribution is -2.26. The molecule has 0 aliphatic carbocycles. The van der Waals surface area contributed by atoms with Gasteiger partial charge in [0.15, 0.2) is 0 Å². The molecule has 2 heterocycles. The second kappa shape index (κ2) is 6.70. The largest absolute Gasteiger partial charge is 0.478 e. The fourth-order valence-electron chi connectivity index (χ4n) is 2.02. The van der Waals surface area contributed by atoms with E-state index in [0.29, 0.717) is 18.2 Å². The lowest BCUT2D eigenvalue weighted by atomic mass is 10.0. The summed E-state index contributed by atoms with van der Waals surface area (Å²) in [5.74, 6) is 2.21. The summed E-state index contributed by atoms with van der Waals surface area (Å²) in [6.07, 6.45) is 5.23. The fraction of sp³-hybridized carbons (Fsp3) is 0.583. The van der Waals surface area contributed by atoms with E-state index in [9.17, 15) is 4.79 Å². The molecule has 5 nitrogen and oxygen atoms in total. The smallest absolute Gasteiger partial charge is 0.339 e. The van der Waals surface area contributed by atoms with Crippen molar-refractivity contribution in [2.45, 2.75) is 19.4 Å². The van der Waals surface area contributed by atoms with Crippen LogP contribution in [-0.2, 0) is 6.54 Å². The number of aromatic nitrogens is 2. The van der Waals surface area contributed by atoms with Gasteiger partial charge in [-0.3, -0.25) is 0 Å². The van der Waals surface area contributed by atoms with Crippen molar-refractivity contribution in [2.75, 3.05) is 18.1 Å². The van der Waals surface area contributed by atoms with Gasteiger partial charge in [0.2, 0.25) is 0 Å². The second-order valence-electron chi connectivity index (χ2n) is 4.37. The number of hydrogen-bond donors (Lipinski definition) is 2. The van der Waals surface area contributed by atoms with E-state index in [2.05, 4.69) is 15.3 Å². The van der Waals surface area contributed by atoms with Crippen molar-refractivity contribution < 1.29 is 9.90 Å². The van der Waals surface area contributed by atoms with Gasteiger partial charge in [0.05, 0.1) is 5.69 Å². The monoisotopic (exact) mass is 267 g/mol. The third kappa shape index (κ3) is 3.68. The van der Waals surface area contributed by atoms with E-state index >= 15 is 0 Å². The summed E-state index contributed by atoms with van der Waals surface area (Å²) in [5.41, 5.74) is 0.742. The third-order valence-electron chi connectivity index (χ3n) is 3.09. The minimum Gasteiger partial charge on any atom is -0.478 e. The molecule has 18 heavy (non-hydrogen) atoms. The summed E-state index contributed by atoms with van der Waals surface area (Å²) in [6.45, 7) is 1.43. The first-order valence-electron chi connectivity index (χ1n) is 6.08. The first kappa shape index (κ1) is 13.3. The van der Waals surface area contributed by atoms with Crippen LogP contribution in [0, 0.1) is 5.92 Å². The number of nitrogens with zero attached hydrogens (tertiary/aromatic N) is 2. The Labute approximate surface area is 110 Å². The van der Waals surface area contributed by atoms with Crippen LogP contribution in [0.3, 0.4) is 0 Å². The van der Waals surface area contributed by atoms with Crippen molar-refractivity contribution in [3.8, 4) is 0 Å². The summed E-state index contributed by atoms with van der Waals surface area (Å²) < 4.78 is 0. The summed E-state index contributed by atoms with van der Waals surface area (Å²) in [5, 5.41) is 12.3. The van der Waals surface area contributed by atoms with Crippen LogP contribution in [-0.4, -0.2) is 39.1 Å². The standard InChI is InChI=1S/C12H17N3O2S/c16-12(17)10-6-14-8-15-11(10)7-13-5-9-1-3-18-4-2-9/h6,8-9,13H,1-5,7H2,(H,16,17). The zero-order valence-corrected chi connectivity index (χ0v) is 10.9. The maximum Gasteiger partial charge on any atom is 0.339 e. The topological polar surface area (TPSA) is 75.1 Å². The van der Waals surface area contributed by atoms with Gasteiger partial charge in [0.25, 0.3) is 0 Å². The highest BCUT2D eigenvalue weighted by atomic mass is 32.2. The van der Waals surface area contributed by atoms with E-state index in [4.69, 9.17) is 5.11 Å². The first-order chi connectivity index (χ1) is 8.77. The lowest BCUT2D eigenvalue weighted by molar-refractivity contribution is 0.0694. The highest BCUT2D eigenvalue weighted by molar-refractivity contribution is 7.99. The fourth-order valence-corrected chi connectivity index (χ4v) is 3.22. The van der Waals surface area contributed by atoms with Gasteiger partial charge in [-0.15, -0.1) is 0 Å². The molecule has 1 aliphatic heterocycles. The molecule has 0 amide bonds. The van der Waals surface area contributed by atoms with Crippen molar-refractivity contribution in [3.63, 3.8) is 0 Å². The van der Waals surface area contributed by atoms with E-state index in [1.807, 2.05) is 11.8 Å². The molecular formula is C12H17N3O2S. The average molecular weight is 267 g/mol. The van der Waals surface area contributed by atoms with Crippen molar-refractivity contribution in [2.24, 2.45) is 5.92 Å². The molecule has 2 N–H and O–H groups in total. The Morgan fingerprint density at radius 2 is 2.28 bits per heavy atom. The van der Waals surface area contributed by atoms with Gasteiger partial charge in [0, 0.05) is 12.7 Å². The van der Waals surface area contributed by atoms with Crippen LogP contribution in [0.25, 0.3) is 0 Å². The molecule has 0 bridgehead atoms. The molecule has 2 rings (SSSR count). The third-order valence-corrected chi connectivity index (χ3v) is 4.14. The Kier molecular flexibility index (Phi) is 4.95. The summed E-state index contributed by atoms with van der Waals surface area (Å²) in [7, 11) is 0. The number of hydrogen-bond acceptors (Lipinski definition) is 5. The number of carboxylic acid groups (broad SMARTS) is 1. The molecule has 1 saturated heterocycles. The van der Waals surface area contributed by atoms with Crippen LogP contribution >= 0.6 is 11.8 Å². The molecule has 0 saturated carbocycles. The Balaban J connectivity index is 1.84. The highest BCUT2D eigenvalue weighted by Gasteiger charge is 2.14. The molecule has 0 spiro atoms. The zero-order chi connectivity index (χ0) is 12.8. The van der Waals surface area contributed by atoms with E-state index in [0.717, 1.165) is 6.54 Å². The maximum absolute atomic E-state index is 11.0. The van der Waals surface area contributed by atoms with E-state index in [1.54, 1.807) is 0 Å². The van der Waals surface area contributed by atoms with Gasteiger partial charge in [-0.25, -0.2) is 14.8 Å². The number of carboxylic acids is 1. The number of thioether (sulfide) groups is 1. The van der Waals surface area contributed by atoms with Crippen molar-refractivity contribution in [3.05, 3.63) is 23.8 Å². The van der Waals surface area contributed by atoms with Gasteiger partial charge in [-0.1, -0.05) is 0 Å². The van der Waals surface area contributed by atoms with Gasteiger partial charge in [-0.2, -0.15) is 11.8 Å². The molecule has 0 radical (unpaired) electrons. The Bertz CT molecular complexity index is 408. The van der Waals surface area contributed by atoms with E-state index in [-0.39, 0.29) is 5.56 Å². The first-order valence-corrected chi connectivity index (χ1v) is 7.23. The number of carbonyl (C=O) groups is 1. The summed E-state index contributed by atoms with van der Waals surface area (Å²) in [6, 6.07) is 0. The molecule has 1 aromatic heterocycles. The Hall–Kier alpha value is -1.14. The van der Waals surface area contributed by atoms with Gasteiger partial charge < -0.3 is 10.4 Å². The predicted molar refractivity (Wildman–Crippen MR) is 70.7 cm³/mol. The normalized spacial score (nSPS) is 16.7. The van der Waals surface area contributed by atoms with Crippen molar-refractivity contribution in [1.82, 2.24) is 15.3 Å². The van der Waals surface area contributed by atoms with Gasteiger partial charge >= 0.3 is 5.97 Å². The van der Waals surface area contributed by atoms with Crippen LogP contribution < -0.4 is 5.32 Å². The Morgan fingerprint density at radius 1 is 1.50 bits per heavy atom. The van der Waals surface area contributed by atoms with Crippen LogP contribution in [0.5, 0.6) is 0 Å². The van der Waals surface area contributed by atoms with Crippen LogP contribution in [0.1, 0.15) is 28.9 Å². The van der Waals surface area contributed by atoms with Gasteiger partial charge in [-0.05, 0) is 36.8 Å². The molecule has 1 fully saturated rings. The summed E-state index contributed by atoms with van der Waals surface area (Å²) in [4.78, 5) is 18.7. The maximum atomic E-state index is 11.0. The SMILES string of the molecule is O=C(O)c1cncnc1CNCC1CCSCC1. The molecule has 0 unspecified atom stereocenters. The Morgan fingerprint density at radius 3 is 3.00 bits per heavy atom. The molecular weight excluding hydrogens is 250 g/mol. The van der Waals surface area contributed by atoms with Crippen LogP contribution in [0.15, 0.2) is 12.5 Å². The van der Waals surface area contributed by atoms with Crippen LogP contribution in [0.4, 0.5) is 0 Å². The molecule has 98 valence electrons. The lowest BCUT2D eigenvalue weighted by Gasteiger charge is -2.21. The minimum atomic E-state index is -0.971. The molecule has 6 heteroatoms. The number of aromatic carboxylic acids is 1. The van der Waals surface area contributed by atoms with E-state index in [1.165, 1.54) is 36.9 Å². The highest BCUT2D eigenvalue weighted by Crippen LogP contribution is 2.21. The zero-order valence-electron chi connectivity index (χ0n) is 10.1. The second-order valence-corrected chi connectivity index (χ2v) is 5.60. The minimum absolute atomic E-state index is 0.184. The quantitative estimate of drug-likeness (QED) is 0.840.